The van der Waals surface area contributed by atoms with Crippen molar-refractivity contribution in [1.82, 2.24) is 5.32 Å². The van der Waals surface area contributed by atoms with Crippen LogP contribution in [-0.2, 0) is 4.79 Å². The molecule has 0 aromatic rings. The van der Waals surface area contributed by atoms with Crippen LogP contribution in [0.2, 0.25) is 0 Å². The van der Waals surface area contributed by atoms with E-state index in [9.17, 15) is 4.79 Å². The zero-order chi connectivity index (χ0) is 10.4. The molecule has 1 atom stereocenters. The number of hydrogen-bond acceptors (Lipinski definition) is 2. The van der Waals surface area contributed by atoms with Crippen molar-refractivity contribution in [2.75, 3.05) is 0 Å². The van der Waals surface area contributed by atoms with Crippen molar-refractivity contribution < 1.29 is 4.79 Å². The Hall–Kier alpha value is -2.00. The average molecular weight is 190 g/mol. The molecule has 0 spiro atoms. The van der Waals surface area contributed by atoms with Crippen LogP contribution < -0.4 is 5.32 Å². The van der Waals surface area contributed by atoms with Gasteiger partial charge in [-0.2, -0.15) is 0 Å². The standard InChI is InChI=1S/C9H10N4O/c1-2-9(14)11-7-3-5-8(6-4-7)12-13-10/h2-5,8H,1,6H2,(H,11,14). The lowest BCUT2D eigenvalue weighted by atomic mass is 10.1. The van der Waals surface area contributed by atoms with Crippen LogP contribution in [0.5, 0.6) is 0 Å². The van der Waals surface area contributed by atoms with Gasteiger partial charge < -0.3 is 5.32 Å². The third-order valence-corrected chi connectivity index (χ3v) is 1.73. The van der Waals surface area contributed by atoms with Crippen molar-refractivity contribution in [3.63, 3.8) is 0 Å². The Labute approximate surface area is 81.4 Å². The Bertz CT molecular complexity index is 350. The van der Waals surface area contributed by atoms with Gasteiger partial charge in [-0.3, -0.25) is 4.79 Å². The summed E-state index contributed by atoms with van der Waals surface area (Å²) >= 11 is 0. The Morgan fingerprint density at radius 1 is 1.86 bits per heavy atom. The van der Waals surface area contributed by atoms with E-state index >= 15 is 0 Å². The Morgan fingerprint density at radius 3 is 3.14 bits per heavy atom. The molecule has 0 aromatic heterocycles. The van der Waals surface area contributed by atoms with E-state index in [1.165, 1.54) is 6.08 Å². The summed E-state index contributed by atoms with van der Waals surface area (Å²) in [5.41, 5.74) is 8.90. The minimum absolute atomic E-state index is 0.149. The summed E-state index contributed by atoms with van der Waals surface area (Å²) in [6.07, 6.45) is 7.07. The Morgan fingerprint density at radius 2 is 2.64 bits per heavy atom. The molecule has 1 aliphatic rings. The quantitative estimate of drug-likeness (QED) is 0.313. The fourth-order valence-electron chi connectivity index (χ4n) is 1.05. The number of rotatable bonds is 3. The zero-order valence-electron chi connectivity index (χ0n) is 7.55. The summed E-state index contributed by atoms with van der Waals surface area (Å²) in [6.45, 7) is 3.34. The molecule has 14 heavy (non-hydrogen) atoms. The summed E-state index contributed by atoms with van der Waals surface area (Å²) in [7, 11) is 0. The van der Waals surface area contributed by atoms with E-state index in [4.69, 9.17) is 5.53 Å². The second-order valence-electron chi connectivity index (χ2n) is 2.72. The van der Waals surface area contributed by atoms with Gasteiger partial charge in [-0.05, 0) is 24.1 Å². The van der Waals surface area contributed by atoms with Gasteiger partial charge in [-0.15, -0.1) is 0 Å². The maximum absolute atomic E-state index is 10.9. The molecule has 0 aromatic carbocycles. The highest BCUT2D eigenvalue weighted by molar-refractivity contribution is 5.88. The van der Waals surface area contributed by atoms with Gasteiger partial charge >= 0.3 is 0 Å². The molecule has 0 radical (unpaired) electrons. The van der Waals surface area contributed by atoms with E-state index < -0.39 is 0 Å². The van der Waals surface area contributed by atoms with Crippen LogP contribution in [0, 0.1) is 0 Å². The Balaban J connectivity index is 2.54. The fourth-order valence-corrected chi connectivity index (χ4v) is 1.05. The van der Waals surface area contributed by atoms with E-state index in [0.717, 1.165) is 0 Å². The van der Waals surface area contributed by atoms with E-state index in [-0.39, 0.29) is 11.9 Å². The number of allylic oxidation sites excluding steroid dienone is 1. The largest absolute Gasteiger partial charge is 0.323 e. The molecule has 0 fully saturated rings. The molecule has 1 N–H and O–H groups in total. The van der Waals surface area contributed by atoms with Crippen molar-refractivity contribution >= 4 is 5.91 Å². The topological polar surface area (TPSA) is 77.9 Å². The molecule has 0 saturated heterocycles. The molecule has 0 aliphatic heterocycles. The van der Waals surface area contributed by atoms with Crippen LogP contribution in [0.25, 0.3) is 10.4 Å². The molecule has 0 bridgehead atoms. The van der Waals surface area contributed by atoms with Crippen molar-refractivity contribution in [1.29, 1.82) is 0 Å². The maximum Gasteiger partial charge on any atom is 0.247 e. The molecular weight excluding hydrogens is 180 g/mol. The van der Waals surface area contributed by atoms with Gasteiger partial charge in [0.15, 0.2) is 0 Å². The first-order chi connectivity index (χ1) is 6.76. The summed E-state index contributed by atoms with van der Waals surface area (Å²) in [5.74, 6) is -0.247. The molecule has 0 saturated carbocycles. The van der Waals surface area contributed by atoms with Gasteiger partial charge in [0.05, 0.1) is 6.04 Å². The number of carbonyl (C=O) groups excluding carboxylic acids is 1. The van der Waals surface area contributed by atoms with Gasteiger partial charge in [0.2, 0.25) is 5.91 Å². The molecule has 1 rings (SSSR count). The maximum atomic E-state index is 10.9. The minimum atomic E-state index is -0.247. The molecular formula is C9H10N4O. The second-order valence-corrected chi connectivity index (χ2v) is 2.72. The van der Waals surface area contributed by atoms with Crippen LogP contribution in [0.3, 0.4) is 0 Å². The van der Waals surface area contributed by atoms with Gasteiger partial charge in [-0.1, -0.05) is 23.8 Å². The summed E-state index contributed by atoms with van der Waals surface area (Å²) in [5, 5.41) is 6.15. The van der Waals surface area contributed by atoms with Crippen molar-refractivity contribution in [3.8, 4) is 0 Å². The molecule has 72 valence electrons. The summed E-state index contributed by atoms with van der Waals surface area (Å²) < 4.78 is 0. The number of nitrogens with one attached hydrogen (secondary N) is 1. The summed E-state index contributed by atoms with van der Waals surface area (Å²) in [4.78, 5) is 13.6. The molecule has 5 heteroatoms. The number of hydrogen-bond donors (Lipinski definition) is 1. The number of carbonyl (C=O) groups is 1. The minimum Gasteiger partial charge on any atom is -0.323 e. The van der Waals surface area contributed by atoms with Gasteiger partial charge in [0.1, 0.15) is 0 Å². The second kappa shape index (κ2) is 4.89. The molecule has 1 amide bonds. The Kier molecular flexibility index (Phi) is 3.52. The van der Waals surface area contributed by atoms with Crippen LogP contribution >= 0.6 is 0 Å². The highest BCUT2D eigenvalue weighted by Gasteiger charge is 2.06. The van der Waals surface area contributed by atoms with E-state index in [1.807, 2.05) is 0 Å². The third kappa shape index (κ3) is 2.80. The lowest BCUT2D eigenvalue weighted by molar-refractivity contribution is -0.115. The number of nitrogens with zero attached hydrogens (tertiary/aromatic N) is 3. The van der Waals surface area contributed by atoms with Crippen LogP contribution in [-0.4, -0.2) is 11.9 Å². The lowest BCUT2D eigenvalue weighted by Gasteiger charge is -2.11. The average Bonchev–Trinajstić information content (AvgIpc) is 2.21. The highest BCUT2D eigenvalue weighted by atomic mass is 16.1. The zero-order valence-corrected chi connectivity index (χ0v) is 7.55. The van der Waals surface area contributed by atoms with Crippen LogP contribution in [0.4, 0.5) is 0 Å². The van der Waals surface area contributed by atoms with Gasteiger partial charge in [-0.25, -0.2) is 0 Å². The molecule has 1 aliphatic carbocycles. The van der Waals surface area contributed by atoms with Gasteiger partial charge in [0.25, 0.3) is 0 Å². The predicted octanol–water partition coefficient (Wildman–Crippen LogP) is 1.81. The van der Waals surface area contributed by atoms with E-state index in [1.54, 1.807) is 18.2 Å². The molecule has 1 unspecified atom stereocenters. The first-order valence-electron chi connectivity index (χ1n) is 4.12. The van der Waals surface area contributed by atoms with E-state index in [2.05, 4.69) is 21.9 Å². The monoisotopic (exact) mass is 190 g/mol. The third-order valence-electron chi connectivity index (χ3n) is 1.73. The summed E-state index contributed by atoms with van der Waals surface area (Å²) in [6, 6.07) is -0.149. The fraction of sp³-hybridized carbons (Fsp3) is 0.222. The molecule has 0 heterocycles. The number of amides is 1. The number of azide groups is 1. The predicted molar refractivity (Wildman–Crippen MR) is 53.1 cm³/mol. The van der Waals surface area contributed by atoms with Crippen molar-refractivity contribution in [2.45, 2.75) is 12.5 Å². The van der Waals surface area contributed by atoms with Crippen LogP contribution in [0.1, 0.15) is 6.42 Å². The highest BCUT2D eigenvalue weighted by Crippen LogP contribution is 2.11. The first-order valence-corrected chi connectivity index (χ1v) is 4.12. The van der Waals surface area contributed by atoms with Crippen LogP contribution in [0.15, 0.2) is 41.7 Å². The van der Waals surface area contributed by atoms with Gasteiger partial charge in [0, 0.05) is 10.6 Å². The lowest BCUT2D eigenvalue weighted by Crippen LogP contribution is -2.20. The van der Waals surface area contributed by atoms with Crippen molar-refractivity contribution in [3.05, 3.63) is 47.0 Å². The molecule has 5 nitrogen and oxygen atoms in total. The smallest absolute Gasteiger partial charge is 0.247 e. The van der Waals surface area contributed by atoms with E-state index in [0.29, 0.717) is 12.1 Å². The SMILES string of the molecule is C=CC(=O)NC1=CCC(N=[N+]=[N-])C=C1. The normalized spacial score (nSPS) is 19.1. The first kappa shape index (κ1) is 10.1. The van der Waals surface area contributed by atoms with Crippen molar-refractivity contribution in [2.24, 2.45) is 5.11 Å².